The Balaban J connectivity index is 0.862. The van der Waals surface area contributed by atoms with Crippen molar-refractivity contribution in [3.63, 3.8) is 0 Å². The molecule has 4 heterocycles. The van der Waals surface area contributed by atoms with Crippen molar-refractivity contribution in [3.05, 3.63) is 64.2 Å². The fraction of sp³-hybridized carbons (Fsp3) is 0.472. The lowest BCUT2D eigenvalue weighted by Gasteiger charge is -2.27. The number of rotatable bonds is 21. The molecule has 2 fully saturated rings. The zero-order chi connectivity index (χ0) is 39.9. The van der Waals surface area contributed by atoms with Crippen LogP contribution in [0.25, 0.3) is 0 Å². The van der Waals surface area contributed by atoms with Crippen LogP contribution in [0.5, 0.6) is 5.75 Å². The van der Waals surface area contributed by atoms with Gasteiger partial charge in [0.25, 0.3) is 17.7 Å². The van der Waals surface area contributed by atoms with E-state index in [-0.39, 0.29) is 69.2 Å². The number of ether oxygens (including phenoxy) is 5. The molecule has 1 unspecified atom stereocenters. The Morgan fingerprint density at radius 2 is 1.66 bits per heavy atom. The number of fused-ring (bicyclic) bond motifs is 1. The van der Waals surface area contributed by atoms with Crippen molar-refractivity contribution in [3.8, 4) is 5.75 Å². The highest BCUT2D eigenvalue weighted by molar-refractivity contribution is 7.13. The second-order valence-electron chi connectivity index (χ2n) is 12.4. The smallest absolute Gasteiger partial charge is 0.266 e. The van der Waals surface area contributed by atoms with Gasteiger partial charge in [-0.2, -0.15) is 0 Å². The van der Waals surface area contributed by atoms with Crippen LogP contribution in [-0.2, 0) is 44.5 Å². The third-order valence-corrected chi connectivity index (χ3v) is 9.38. The van der Waals surface area contributed by atoms with Gasteiger partial charge in [0.15, 0.2) is 23.4 Å². The molecule has 56 heavy (non-hydrogen) atoms. The van der Waals surface area contributed by atoms with Crippen molar-refractivity contribution in [1.82, 2.24) is 25.8 Å². The molecule has 5 rings (SSSR count). The molecule has 20 heteroatoms. The number of thiazole rings is 1. The molecule has 1 aromatic carbocycles. The van der Waals surface area contributed by atoms with Crippen LogP contribution < -0.4 is 25.6 Å². The van der Waals surface area contributed by atoms with Gasteiger partial charge >= 0.3 is 0 Å². The Morgan fingerprint density at radius 1 is 0.946 bits per heavy atom. The number of carbonyl (C=O) groups excluding carboxylic acids is 6. The number of halogens is 2. The van der Waals surface area contributed by atoms with E-state index in [0.29, 0.717) is 19.6 Å². The summed E-state index contributed by atoms with van der Waals surface area (Å²) in [5.41, 5.74) is 0.715. The van der Waals surface area contributed by atoms with Crippen LogP contribution in [0.15, 0.2) is 47.4 Å². The normalized spacial score (nSPS) is 17.6. The molecule has 17 nitrogen and oxygen atoms in total. The van der Waals surface area contributed by atoms with Crippen molar-refractivity contribution in [1.29, 1.82) is 0 Å². The molecule has 2 saturated heterocycles. The molecule has 2 aromatic rings. The summed E-state index contributed by atoms with van der Waals surface area (Å²) in [7, 11) is 0. The van der Waals surface area contributed by atoms with Crippen LogP contribution in [0.1, 0.15) is 39.3 Å². The summed E-state index contributed by atoms with van der Waals surface area (Å²) < 4.78 is 54.8. The van der Waals surface area contributed by atoms with Crippen LogP contribution >= 0.6 is 11.3 Å². The standard InChI is InChI=1S/C36H42F2N6O11S/c37-25(5-1-3-23-22-56-36(41-23)43-11-15-53-16-12-43)26(38)19-54-20-30(46)39-9-13-51-17-18-52-14-10-40-31(47)21-55-28-6-2-4-24-32(28)35(50)44(34(24)49)27-7-8-29(45)42-33(27)48/h1-2,4-6,22,27H,3,7-21H2,(H,39,46)(H,40,47)(H,42,45,48)/b5-1-,26-25-. The summed E-state index contributed by atoms with van der Waals surface area (Å²) in [5, 5.41) is 10.0. The maximum atomic E-state index is 14.1. The third kappa shape index (κ3) is 11.9. The molecule has 1 aromatic heterocycles. The molecule has 3 aliphatic rings. The van der Waals surface area contributed by atoms with Gasteiger partial charge in [-0.25, -0.2) is 13.8 Å². The average Bonchev–Trinajstić information content (AvgIpc) is 3.77. The Bertz CT molecular complexity index is 1820. The van der Waals surface area contributed by atoms with Gasteiger partial charge in [-0.15, -0.1) is 11.3 Å². The summed E-state index contributed by atoms with van der Waals surface area (Å²) in [6.07, 6.45) is 2.81. The second-order valence-corrected chi connectivity index (χ2v) is 13.2. The molecule has 0 saturated carbocycles. The number of anilines is 1. The Kier molecular flexibility index (Phi) is 15.9. The number of carbonyl (C=O) groups is 6. The van der Waals surface area contributed by atoms with Gasteiger partial charge in [0.1, 0.15) is 25.0 Å². The molecular formula is C36H42F2N6O11S. The van der Waals surface area contributed by atoms with Gasteiger partial charge in [-0.3, -0.25) is 39.0 Å². The quantitative estimate of drug-likeness (QED) is 0.0917. The van der Waals surface area contributed by atoms with Crippen LogP contribution in [0.3, 0.4) is 0 Å². The van der Waals surface area contributed by atoms with Crippen molar-refractivity contribution in [2.45, 2.75) is 25.3 Å². The maximum Gasteiger partial charge on any atom is 0.266 e. The van der Waals surface area contributed by atoms with Crippen molar-refractivity contribution in [2.24, 2.45) is 0 Å². The van der Waals surface area contributed by atoms with Crippen LogP contribution in [-0.4, -0.2) is 137 Å². The zero-order valence-corrected chi connectivity index (χ0v) is 31.2. The molecule has 6 amide bonds. The molecule has 0 radical (unpaired) electrons. The number of aromatic nitrogens is 1. The first-order valence-electron chi connectivity index (χ1n) is 17.8. The number of benzene rings is 1. The highest BCUT2D eigenvalue weighted by atomic mass is 32.1. The van der Waals surface area contributed by atoms with E-state index in [4.69, 9.17) is 23.7 Å². The molecule has 0 bridgehead atoms. The van der Waals surface area contributed by atoms with E-state index < -0.39 is 73.0 Å². The number of nitrogens with zero attached hydrogens (tertiary/aromatic N) is 3. The highest BCUT2D eigenvalue weighted by Gasteiger charge is 2.46. The van der Waals surface area contributed by atoms with Gasteiger partial charge in [0.05, 0.1) is 56.5 Å². The summed E-state index contributed by atoms with van der Waals surface area (Å²) in [6.45, 7) is 2.19. The average molecular weight is 805 g/mol. The Hall–Kier alpha value is -5.15. The number of nitrogens with one attached hydrogen (secondary N) is 3. The van der Waals surface area contributed by atoms with Crippen LogP contribution in [0.2, 0.25) is 0 Å². The van der Waals surface area contributed by atoms with Gasteiger partial charge < -0.3 is 39.2 Å². The number of hydrogen-bond acceptors (Lipinski definition) is 14. The Morgan fingerprint density at radius 3 is 2.38 bits per heavy atom. The van der Waals surface area contributed by atoms with E-state index >= 15 is 0 Å². The summed E-state index contributed by atoms with van der Waals surface area (Å²) in [5.74, 6) is -5.91. The lowest BCUT2D eigenvalue weighted by molar-refractivity contribution is -0.136. The third-order valence-electron chi connectivity index (χ3n) is 8.43. The summed E-state index contributed by atoms with van der Waals surface area (Å²) in [6, 6.07) is 3.22. The van der Waals surface area contributed by atoms with Gasteiger partial charge in [-0.1, -0.05) is 12.1 Å². The molecule has 302 valence electrons. The minimum Gasteiger partial charge on any atom is -0.483 e. The first kappa shape index (κ1) is 42.0. The first-order valence-corrected chi connectivity index (χ1v) is 18.7. The Labute approximate surface area is 324 Å². The van der Waals surface area contributed by atoms with Crippen molar-refractivity contribution >= 4 is 51.9 Å². The monoisotopic (exact) mass is 804 g/mol. The van der Waals surface area contributed by atoms with Crippen molar-refractivity contribution < 1.29 is 61.2 Å². The number of morpholine rings is 1. The van der Waals surface area contributed by atoms with E-state index in [2.05, 4.69) is 25.8 Å². The lowest BCUT2D eigenvalue weighted by atomic mass is 10.0. The molecule has 3 aliphatic heterocycles. The number of amides is 6. The summed E-state index contributed by atoms with van der Waals surface area (Å²) in [4.78, 5) is 81.5. The number of imide groups is 2. The minimum absolute atomic E-state index is 0.00508. The lowest BCUT2D eigenvalue weighted by Crippen LogP contribution is -2.54. The van der Waals surface area contributed by atoms with E-state index in [1.165, 1.54) is 35.6 Å². The fourth-order valence-electron chi connectivity index (χ4n) is 5.66. The molecule has 3 N–H and O–H groups in total. The topological polar surface area (TPSA) is 204 Å². The molecular weight excluding hydrogens is 762 g/mol. The molecule has 0 spiro atoms. The number of allylic oxidation sites excluding steroid dienone is 3. The van der Waals surface area contributed by atoms with Crippen LogP contribution in [0, 0.1) is 0 Å². The predicted octanol–water partition coefficient (Wildman–Crippen LogP) is 0.991. The first-order chi connectivity index (χ1) is 27.1. The van der Waals surface area contributed by atoms with E-state index in [1.807, 2.05) is 5.38 Å². The number of hydrogen-bond donors (Lipinski definition) is 3. The summed E-state index contributed by atoms with van der Waals surface area (Å²) >= 11 is 1.49. The van der Waals surface area contributed by atoms with E-state index in [0.717, 1.165) is 34.9 Å². The second kappa shape index (κ2) is 21.2. The zero-order valence-electron chi connectivity index (χ0n) is 30.4. The minimum atomic E-state index is -1.13. The largest absolute Gasteiger partial charge is 0.483 e. The maximum absolute atomic E-state index is 14.1. The highest BCUT2D eigenvalue weighted by Crippen LogP contribution is 2.33. The van der Waals surface area contributed by atoms with E-state index in [9.17, 15) is 37.5 Å². The van der Waals surface area contributed by atoms with Gasteiger partial charge in [0.2, 0.25) is 17.7 Å². The molecule has 1 atom stereocenters. The van der Waals surface area contributed by atoms with Gasteiger partial charge in [0, 0.05) is 44.4 Å². The molecule has 0 aliphatic carbocycles. The SMILES string of the molecule is O=C(COC/C(F)=C(F)\C=C/Cc1csc(N2CCOCC2)n1)NCCOCCOCCNC(=O)COc1cccc2c1C(=O)N(C1CCC(=O)NC1=O)C2=O. The van der Waals surface area contributed by atoms with E-state index in [1.54, 1.807) is 0 Å². The van der Waals surface area contributed by atoms with Crippen molar-refractivity contribution in [2.75, 3.05) is 90.5 Å². The van der Waals surface area contributed by atoms with Gasteiger partial charge in [-0.05, 0) is 24.6 Å². The number of piperidine rings is 1. The van der Waals surface area contributed by atoms with Crippen LogP contribution in [0.4, 0.5) is 13.9 Å². The fourth-order valence-corrected chi connectivity index (χ4v) is 6.55. The predicted molar refractivity (Wildman–Crippen MR) is 194 cm³/mol.